The van der Waals surface area contributed by atoms with Gasteiger partial charge in [0.25, 0.3) is 0 Å². The zero-order chi connectivity index (χ0) is 9.03. The number of rotatable bonds is 1. The number of halogens is 1. The fourth-order valence-electron chi connectivity index (χ4n) is 0.963. The lowest BCUT2D eigenvalue weighted by Gasteiger charge is -2.14. The molecule has 1 aliphatic rings. The maximum Gasteiger partial charge on any atom is 0.180 e. The van der Waals surface area contributed by atoms with Crippen LogP contribution in [-0.2, 0) is 0 Å². The van der Waals surface area contributed by atoms with Crippen molar-refractivity contribution in [1.82, 2.24) is 0 Å². The first kappa shape index (κ1) is 9.55. The fourth-order valence-corrected chi connectivity index (χ4v) is 2.33. The lowest BCUT2D eigenvalue weighted by Crippen LogP contribution is -2.19. The van der Waals surface area contributed by atoms with Gasteiger partial charge in [0.1, 0.15) is 0 Å². The summed E-state index contributed by atoms with van der Waals surface area (Å²) < 4.78 is 0. The molecule has 0 radical (unpaired) electrons. The standard InChI is InChI=1S/C10H13ClSi/c1-12(2,11)10-8-6-4-3-5-7-9-10/h3-9H,1-2H3/b4-3-,5-3?,6-4?,7-5-,8-6-,9-7?,10-8?,10-9+. The van der Waals surface area contributed by atoms with Gasteiger partial charge >= 0.3 is 0 Å². The van der Waals surface area contributed by atoms with E-state index in [1.165, 1.54) is 5.20 Å². The number of allylic oxidation sites excluding steroid dienone is 8. The van der Waals surface area contributed by atoms with E-state index in [1.54, 1.807) is 0 Å². The monoisotopic (exact) mass is 196 g/mol. The summed E-state index contributed by atoms with van der Waals surface area (Å²) in [6.07, 6.45) is 14.3. The Kier molecular flexibility index (Phi) is 3.12. The third-order valence-electron chi connectivity index (χ3n) is 1.68. The lowest BCUT2D eigenvalue weighted by atomic mass is 10.3. The molecule has 0 saturated carbocycles. The molecule has 12 heavy (non-hydrogen) atoms. The van der Waals surface area contributed by atoms with Crippen molar-refractivity contribution < 1.29 is 0 Å². The van der Waals surface area contributed by atoms with Crippen LogP contribution < -0.4 is 0 Å². The third kappa shape index (κ3) is 2.84. The summed E-state index contributed by atoms with van der Waals surface area (Å²) in [6.45, 7) is 4.26. The molecule has 0 aromatic rings. The maximum absolute atomic E-state index is 6.30. The molecule has 64 valence electrons. The summed E-state index contributed by atoms with van der Waals surface area (Å²) in [7, 11) is -1.65. The highest BCUT2D eigenvalue weighted by molar-refractivity contribution is 7.23. The highest BCUT2D eigenvalue weighted by Gasteiger charge is 2.20. The maximum atomic E-state index is 6.30. The topological polar surface area (TPSA) is 0 Å². The van der Waals surface area contributed by atoms with E-state index in [4.69, 9.17) is 11.1 Å². The van der Waals surface area contributed by atoms with Gasteiger partial charge < -0.3 is 0 Å². The molecule has 0 bridgehead atoms. The summed E-state index contributed by atoms with van der Waals surface area (Å²) in [4.78, 5) is 0. The SMILES string of the molecule is C[Si](C)(Cl)C1=C/C=C\C=C/C=C\1. The Hall–Kier alpha value is -0.533. The molecule has 0 saturated heterocycles. The van der Waals surface area contributed by atoms with E-state index in [0.717, 1.165) is 0 Å². The predicted octanol–water partition coefficient (Wildman–Crippen LogP) is 3.58. The second-order valence-electron chi connectivity index (χ2n) is 3.22. The van der Waals surface area contributed by atoms with E-state index in [2.05, 4.69) is 25.2 Å². The van der Waals surface area contributed by atoms with Crippen molar-refractivity contribution in [3.05, 3.63) is 47.7 Å². The van der Waals surface area contributed by atoms with Crippen LogP contribution in [0.25, 0.3) is 0 Å². The van der Waals surface area contributed by atoms with Gasteiger partial charge in [0.05, 0.1) is 0 Å². The smallest absolute Gasteiger partial charge is 0.162 e. The zero-order valence-corrected chi connectivity index (χ0v) is 9.18. The molecule has 0 nitrogen and oxygen atoms in total. The van der Waals surface area contributed by atoms with Crippen molar-refractivity contribution in [2.45, 2.75) is 13.1 Å². The summed E-state index contributed by atoms with van der Waals surface area (Å²) in [5.74, 6) is 0. The highest BCUT2D eigenvalue weighted by atomic mass is 35.6. The van der Waals surface area contributed by atoms with Crippen molar-refractivity contribution in [2.75, 3.05) is 0 Å². The molecular formula is C10H13ClSi. The second-order valence-corrected chi connectivity index (χ2v) is 9.58. The van der Waals surface area contributed by atoms with Gasteiger partial charge in [-0.25, -0.2) is 0 Å². The first-order valence-corrected chi connectivity index (χ1v) is 8.03. The molecule has 0 amide bonds. The van der Waals surface area contributed by atoms with Crippen molar-refractivity contribution >= 4 is 18.5 Å². The van der Waals surface area contributed by atoms with E-state index in [1.807, 2.05) is 30.4 Å². The van der Waals surface area contributed by atoms with Gasteiger partial charge in [-0.05, 0) is 5.20 Å². The van der Waals surface area contributed by atoms with Crippen molar-refractivity contribution in [1.29, 1.82) is 0 Å². The Balaban J connectivity index is 2.90. The van der Waals surface area contributed by atoms with Crippen LogP contribution in [0.15, 0.2) is 47.7 Å². The Morgan fingerprint density at radius 1 is 1.00 bits per heavy atom. The van der Waals surface area contributed by atoms with Crippen LogP contribution in [0.3, 0.4) is 0 Å². The van der Waals surface area contributed by atoms with E-state index in [0.29, 0.717) is 0 Å². The highest BCUT2D eigenvalue weighted by Crippen LogP contribution is 2.21. The predicted molar refractivity (Wildman–Crippen MR) is 58.8 cm³/mol. The molecule has 1 rings (SSSR count). The zero-order valence-electron chi connectivity index (χ0n) is 7.42. The molecule has 0 spiro atoms. The Morgan fingerprint density at radius 3 is 2.25 bits per heavy atom. The quantitative estimate of drug-likeness (QED) is 0.444. The van der Waals surface area contributed by atoms with Crippen LogP contribution >= 0.6 is 11.1 Å². The third-order valence-corrected chi connectivity index (χ3v) is 4.04. The van der Waals surface area contributed by atoms with Crippen LogP contribution in [0.4, 0.5) is 0 Å². The average Bonchev–Trinajstić information content (AvgIpc) is 1.81. The molecule has 0 heterocycles. The van der Waals surface area contributed by atoms with Gasteiger partial charge in [0, 0.05) is 0 Å². The van der Waals surface area contributed by atoms with Crippen LogP contribution in [0.1, 0.15) is 0 Å². The van der Waals surface area contributed by atoms with Gasteiger partial charge in [0.15, 0.2) is 7.38 Å². The van der Waals surface area contributed by atoms with Crippen molar-refractivity contribution in [2.24, 2.45) is 0 Å². The van der Waals surface area contributed by atoms with Crippen LogP contribution in [0, 0.1) is 0 Å². The first-order chi connectivity index (χ1) is 5.61. The molecule has 0 aliphatic heterocycles. The fraction of sp³-hybridized carbons (Fsp3) is 0.200. The largest absolute Gasteiger partial charge is 0.180 e. The van der Waals surface area contributed by atoms with Crippen molar-refractivity contribution in [3.8, 4) is 0 Å². The molecule has 0 atom stereocenters. The molecule has 0 aromatic heterocycles. The first-order valence-electron chi connectivity index (χ1n) is 4.02. The normalized spacial score (nSPS) is 29.4. The average molecular weight is 197 g/mol. The van der Waals surface area contributed by atoms with Gasteiger partial charge in [-0.3, -0.25) is 0 Å². The van der Waals surface area contributed by atoms with Crippen molar-refractivity contribution in [3.63, 3.8) is 0 Å². The van der Waals surface area contributed by atoms with Crippen LogP contribution in [0.2, 0.25) is 13.1 Å². The van der Waals surface area contributed by atoms with Gasteiger partial charge in [0.2, 0.25) is 0 Å². The number of hydrogen-bond acceptors (Lipinski definition) is 0. The summed E-state index contributed by atoms with van der Waals surface area (Å²) >= 11 is 6.30. The molecule has 0 unspecified atom stereocenters. The lowest BCUT2D eigenvalue weighted by molar-refractivity contribution is 1.70. The van der Waals surface area contributed by atoms with Gasteiger partial charge in [-0.15, -0.1) is 0 Å². The minimum absolute atomic E-state index is 1.27. The van der Waals surface area contributed by atoms with Crippen LogP contribution in [-0.4, -0.2) is 7.38 Å². The summed E-state index contributed by atoms with van der Waals surface area (Å²) in [5.41, 5.74) is 0. The Bertz CT molecular complexity index is 264. The molecule has 0 aromatic carbocycles. The molecule has 2 heteroatoms. The van der Waals surface area contributed by atoms with Gasteiger partial charge in [-0.2, -0.15) is 11.1 Å². The molecule has 0 N–H and O–H groups in total. The van der Waals surface area contributed by atoms with E-state index in [9.17, 15) is 0 Å². The molecular weight excluding hydrogens is 184 g/mol. The minimum atomic E-state index is -1.65. The second kappa shape index (κ2) is 3.92. The van der Waals surface area contributed by atoms with E-state index in [-0.39, 0.29) is 0 Å². The summed E-state index contributed by atoms with van der Waals surface area (Å²) in [5, 5.41) is 1.27. The summed E-state index contributed by atoms with van der Waals surface area (Å²) in [6, 6.07) is 0. The minimum Gasteiger partial charge on any atom is -0.162 e. The Morgan fingerprint density at radius 2 is 1.58 bits per heavy atom. The van der Waals surface area contributed by atoms with E-state index < -0.39 is 7.38 Å². The van der Waals surface area contributed by atoms with Gasteiger partial charge in [-0.1, -0.05) is 55.6 Å². The van der Waals surface area contributed by atoms with E-state index >= 15 is 0 Å². The number of hydrogen-bond donors (Lipinski definition) is 0. The molecule has 0 fully saturated rings. The molecule has 1 aliphatic carbocycles. The Labute approximate surface area is 79.6 Å². The van der Waals surface area contributed by atoms with Crippen LogP contribution in [0.5, 0.6) is 0 Å².